The minimum atomic E-state index is 0.617. The Balaban J connectivity index is 1.20. The third kappa shape index (κ3) is 3.89. The third-order valence-electron chi connectivity index (χ3n) is 9.85. The number of para-hydroxylation sites is 4. The molecule has 1 N–H and O–H groups in total. The van der Waals surface area contributed by atoms with Gasteiger partial charge in [0.2, 0.25) is 0 Å². The van der Waals surface area contributed by atoms with Crippen molar-refractivity contribution in [3.8, 4) is 22.5 Å². The highest BCUT2D eigenvalue weighted by Crippen LogP contribution is 2.39. The standard InChI is InChI=1S/C43H28BN2O2/c47-44-36-17-7-4-15-32-33-16-10-20-41(43(33)48-42(32)36)46-38-19-9-6-14-31(38)35-26-28(22-24-40(35)46)27-21-23-39-34(25-27)30-13-5-8-18-37(30)45(39)29-11-2-1-3-12-29/h1-16,18-26,47H,17H2. The molecule has 225 valence electrons. The summed E-state index contributed by atoms with van der Waals surface area (Å²) >= 11 is 0. The molecule has 5 heteroatoms. The van der Waals surface area contributed by atoms with E-state index in [4.69, 9.17) is 4.42 Å². The smallest absolute Gasteiger partial charge is 0.326 e. The Hall–Kier alpha value is -6.04. The Labute approximate surface area is 276 Å². The summed E-state index contributed by atoms with van der Waals surface area (Å²) in [6.45, 7) is 0. The van der Waals surface area contributed by atoms with Gasteiger partial charge in [-0.15, -0.1) is 0 Å². The van der Waals surface area contributed by atoms with Crippen molar-refractivity contribution in [1.82, 2.24) is 9.13 Å². The lowest BCUT2D eigenvalue weighted by molar-refractivity contribution is 0.567. The third-order valence-corrected chi connectivity index (χ3v) is 9.85. The summed E-state index contributed by atoms with van der Waals surface area (Å²) in [4.78, 5) is 0. The van der Waals surface area contributed by atoms with Crippen molar-refractivity contribution in [2.45, 2.75) is 6.42 Å². The van der Waals surface area contributed by atoms with Gasteiger partial charge in [-0.25, -0.2) is 0 Å². The molecule has 0 fully saturated rings. The molecule has 0 aliphatic heterocycles. The largest absolute Gasteiger partial charge is 0.455 e. The molecule has 0 saturated carbocycles. The van der Waals surface area contributed by atoms with Crippen LogP contribution < -0.4 is 10.6 Å². The van der Waals surface area contributed by atoms with Crippen LogP contribution in [0.2, 0.25) is 0 Å². The van der Waals surface area contributed by atoms with Gasteiger partial charge in [0.05, 0.1) is 27.8 Å². The molecular formula is C43H28BN2O2. The fourth-order valence-corrected chi connectivity index (χ4v) is 7.69. The Bertz CT molecular complexity index is 2910. The molecule has 6 aromatic carbocycles. The summed E-state index contributed by atoms with van der Waals surface area (Å²) in [5, 5.41) is 16.9. The molecule has 3 heterocycles. The predicted octanol–water partition coefficient (Wildman–Crippen LogP) is 8.75. The monoisotopic (exact) mass is 615 g/mol. The maximum Gasteiger partial charge on any atom is 0.326 e. The molecule has 0 atom stereocenters. The predicted molar refractivity (Wildman–Crippen MR) is 199 cm³/mol. The van der Waals surface area contributed by atoms with Gasteiger partial charge in [-0.2, -0.15) is 0 Å². The molecule has 1 aliphatic rings. The molecule has 48 heavy (non-hydrogen) atoms. The van der Waals surface area contributed by atoms with E-state index >= 15 is 0 Å². The molecule has 0 unspecified atom stereocenters. The van der Waals surface area contributed by atoms with Crippen molar-refractivity contribution in [1.29, 1.82) is 0 Å². The highest BCUT2D eigenvalue weighted by molar-refractivity contribution is 6.50. The zero-order chi connectivity index (χ0) is 31.8. The van der Waals surface area contributed by atoms with Crippen LogP contribution in [0.4, 0.5) is 0 Å². The van der Waals surface area contributed by atoms with Crippen LogP contribution in [0.5, 0.6) is 0 Å². The van der Waals surface area contributed by atoms with Crippen molar-refractivity contribution in [3.63, 3.8) is 0 Å². The highest BCUT2D eigenvalue weighted by atomic mass is 16.3. The summed E-state index contributed by atoms with van der Waals surface area (Å²) in [5.74, 6) is 0. The van der Waals surface area contributed by atoms with Crippen molar-refractivity contribution in [2.75, 3.05) is 0 Å². The minimum absolute atomic E-state index is 0.617. The Morgan fingerprint density at radius 3 is 1.88 bits per heavy atom. The van der Waals surface area contributed by atoms with Gasteiger partial charge in [-0.1, -0.05) is 97.1 Å². The number of aromatic nitrogens is 2. The number of allylic oxidation sites excluding steroid dienone is 2. The molecule has 9 aromatic rings. The molecule has 0 amide bonds. The summed E-state index contributed by atoms with van der Waals surface area (Å²) in [5.41, 5.74) is 11.4. The van der Waals surface area contributed by atoms with Gasteiger partial charge in [-0.3, -0.25) is 0 Å². The lowest BCUT2D eigenvalue weighted by Crippen LogP contribution is -2.24. The Morgan fingerprint density at radius 2 is 1.17 bits per heavy atom. The van der Waals surface area contributed by atoms with Gasteiger partial charge in [0, 0.05) is 37.8 Å². The second-order valence-corrected chi connectivity index (χ2v) is 12.5. The molecule has 0 spiro atoms. The van der Waals surface area contributed by atoms with Crippen molar-refractivity contribution in [2.24, 2.45) is 0 Å². The Morgan fingerprint density at radius 1 is 0.562 bits per heavy atom. The fourth-order valence-electron chi connectivity index (χ4n) is 7.69. The molecule has 1 aliphatic carbocycles. The minimum Gasteiger partial charge on any atom is -0.455 e. The molecule has 3 aromatic heterocycles. The molecule has 0 saturated heterocycles. The van der Waals surface area contributed by atoms with E-state index < -0.39 is 0 Å². The van der Waals surface area contributed by atoms with E-state index in [1.165, 1.54) is 51.2 Å². The first-order valence-corrected chi connectivity index (χ1v) is 16.3. The van der Waals surface area contributed by atoms with Crippen LogP contribution in [-0.2, 0) is 0 Å². The van der Waals surface area contributed by atoms with E-state index in [9.17, 15) is 5.02 Å². The van der Waals surface area contributed by atoms with Crippen molar-refractivity contribution < 1.29 is 9.44 Å². The van der Waals surface area contributed by atoms with Gasteiger partial charge >= 0.3 is 7.48 Å². The molecule has 10 rings (SSSR count). The van der Waals surface area contributed by atoms with E-state index in [1.54, 1.807) is 0 Å². The Kier molecular flexibility index (Phi) is 5.93. The molecule has 0 bridgehead atoms. The van der Waals surface area contributed by atoms with E-state index in [0.717, 1.165) is 49.5 Å². The van der Waals surface area contributed by atoms with Crippen LogP contribution in [0.1, 0.15) is 6.42 Å². The summed E-state index contributed by atoms with van der Waals surface area (Å²) < 4.78 is 11.3. The van der Waals surface area contributed by atoms with Gasteiger partial charge in [0.25, 0.3) is 0 Å². The highest BCUT2D eigenvalue weighted by Gasteiger charge is 2.19. The first kappa shape index (κ1) is 27.1. The number of fused-ring (bicyclic) bond motifs is 9. The number of hydrogen-bond donors (Lipinski definition) is 1. The van der Waals surface area contributed by atoms with Gasteiger partial charge in [0.15, 0.2) is 5.58 Å². The van der Waals surface area contributed by atoms with Crippen LogP contribution in [0.25, 0.3) is 88.6 Å². The summed E-state index contributed by atoms with van der Waals surface area (Å²) in [6.07, 6.45) is 6.77. The lowest BCUT2D eigenvalue weighted by atomic mass is 9.85. The zero-order valence-electron chi connectivity index (χ0n) is 26.0. The summed E-state index contributed by atoms with van der Waals surface area (Å²) in [6, 6.07) is 47.8. The quantitative estimate of drug-likeness (QED) is 0.201. The second-order valence-electron chi connectivity index (χ2n) is 12.5. The molecule has 4 nitrogen and oxygen atoms in total. The number of rotatable bonds is 4. The van der Waals surface area contributed by atoms with Crippen molar-refractivity contribution >= 4 is 73.6 Å². The topological polar surface area (TPSA) is 43.2 Å². The van der Waals surface area contributed by atoms with E-state index in [-0.39, 0.29) is 0 Å². The van der Waals surface area contributed by atoms with E-state index in [1.807, 2.05) is 12.2 Å². The first-order valence-electron chi connectivity index (χ1n) is 16.3. The SMILES string of the molecule is O[B]C1=c2oc3c(-n4c5ccccc5c5cc(-c6ccc7c(c6)c6ccccc6n7-c6ccccc6)ccc54)cccc3c2=CC=CC1. The van der Waals surface area contributed by atoms with E-state index in [0.29, 0.717) is 6.42 Å². The van der Waals surface area contributed by atoms with Gasteiger partial charge in [-0.05, 0) is 77.6 Å². The van der Waals surface area contributed by atoms with Crippen LogP contribution in [0, 0.1) is 0 Å². The number of furan rings is 1. The van der Waals surface area contributed by atoms with Crippen LogP contribution >= 0.6 is 0 Å². The van der Waals surface area contributed by atoms with Crippen LogP contribution in [0.15, 0.2) is 150 Å². The number of hydrogen-bond acceptors (Lipinski definition) is 2. The van der Waals surface area contributed by atoms with Crippen LogP contribution in [0.3, 0.4) is 0 Å². The first-order chi connectivity index (χ1) is 23.8. The zero-order valence-corrected chi connectivity index (χ0v) is 26.0. The molecular weight excluding hydrogens is 587 g/mol. The second kappa shape index (κ2) is 10.5. The van der Waals surface area contributed by atoms with Gasteiger partial charge < -0.3 is 18.6 Å². The normalized spacial score (nSPS) is 13.1. The maximum absolute atomic E-state index is 10.0. The average Bonchev–Trinajstić information content (AvgIpc) is 3.74. The van der Waals surface area contributed by atoms with Crippen molar-refractivity contribution in [3.05, 3.63) is 156 Å². The maximum atomic E-state index is 10.0. The van der Waals surface area contributed by atoms with Gasteiger partial charge in [0.1, 0.15) is 5.42 Å². The van der Waals surface area contributed by atoms with Crippen LogP contribution in [-0.4, -0.2) is 21.6 Å². The lowest BCUT2D eigenvalue weighted by Gasteiger charge is -2.10. The fraction of sp³-hybridized carbons (Fsp3) is 0.0233. The number of nitrogens with zero attached hydrogens (tertiary/aromatic N) is 2. The summed E-state index contributed by atoms with van der Waals surface area (Å²) in [7, 11) is 1.17. The molecule has 1 radical (unpaired) electrons. The van der Waals surface area contributed by atoms with E-state index in [2.05, 4.69) is 149 Å². The number of benzene rings is 6. The average molecular weight is 616 g/mol.